The second kappa shape index (κ2) is 11.4. The van der Waals surface area contributed by atoms with Crippen molar-refractivity contribution in [2.45, 2.75) is 53.4 Å². The van der Waals surface area contributed by atoms with E-state index >= 15 is 0 Å². The van der Waals surface area contributed by atoms with Crippen LogP contribution in [0.25, 0.3) is 36.5 Å². The molecule has 5 rings (SSSR count). The molecule has 5 N–H and O–H groups in total. The number of aromatic nitrogens is 4. The highest BCUT2D eigenvalue weighted by atomic mass is 16.4. The van der Waals surface area contributed by atoms with Gasteiger partial charge in [0.25, 0.3) is 0 Å². The number of hydrogen-bond donors (Lipinski definition) is 5. The third-order valence-corrected chi connectivity index (χ3v) is 8.78. The fraction of sp³-hybridized carbons (Fsp3) is 0.257. The van der Waals surface area contributed by atoms with Crippen molar-refractivity contribution in [3.8, 4) is 0 Å². The Hall–Kier alpha value is -4.98. The molecule has 0 aromatic carbocycles. The average molecular weight is 579 g/mol. The van der Waals surface area contributed by atoms with Gasteiger partial charge < -0.3 is 29.7 Å². The van der Waals surface area contributed by atoms with Crippen LogP contribution in [-0.4, -0.2) is 41.7 Å². The van der Waals surface area contributed by atoms with E-state index in [4.69, 9.17) is 0 Å². The number of hydrogen-bond acceptors (Lipinski definition) is 2. The lowest BCUT2D eigenvalue weighted by Crippen LogP contribution is -2.14. The van der Waals surface area contributed by atoms with Crippen molar-refractivity contribution in [2.24, 2.45) is 7.05 Å². The number of carboxylic acid groups (broad SMARTS) is 2. The molecule has 4 aromatic heterocycles. The lowest BCUT2D eigenvalue weighted by atomic mass is 10.0. The Morgan fingerprint density at radius 2 is 1.23 bits per heavy atom. The summed E-state index contributed by atoms with van der Waals surface area (Å²) in [5, 5.41) is 22.5. The fourth-order valence-corrected chi connectivity index (χ4v) is 6.27. The van der Waals surface area contributed by atoms with Gasteiger partial charge in [-0.15, -0.1) is 0 Å². The number of carbonyl (C=O) groups is 2. The predicted molar refractivity (Wildman–Crippen MR) is 172 cm³/mol. The van der Waals surface area contributed by atoms with E-state index in [0.717, 1.165) is 88.7 Å². The summed E-state index contributed by atoms with van der Waals surface area (Å²) in [6.45, 7) is 16.3. The van der Waals surface area contributed by atoms with E-state index < -0.39 is 11.9 Å². The summed E-state index contributed by atoms with van der Waals surface area (Å²) in [6.07, 6.45) is 12.7. The molecule has 0 fully saturated rings. The zero-order valence-corrected chi connectivity index (χ0v) is 25.4. The molecule has 1 aliphatic rings. The van der Waals surface area contributed by atoms with Gasteiger partial charge >= 0.3 is 11.9 Å². The van der Waals surface area contributed by atoms with Crippen molar-refractivity contribution >= 4 is 48.4 Å². The maximum Gasteiger partial charge on any atom is 0.303 e. The van der Waals surface area contributed by atoms with E-state index in [-0.39, 0.29) is 12.8 Å². The average Bonchev–Trinajstić information content (AvgIpc) is 3.59. The van der Waals surface area contributed by atoms with E-state index in [1.807, 2.05) is 45.2 Å². The lowest BCUT2D eigenvalue weighted by molar-refractivity contribution is -0.138. The highest BCUT2D eigenvalue weighted by molar-refractivity contribution is 5.73. The Morgan fingerprint density at radius 3 is 1.86 bits per heavy atom. The van der Waals surface area contributed by atoms with Gasteiger partial charge in [-0.3, -0.25) is 9.59 Å². The zero-order chi connectivity index (χ0) is 31.2. The van der Waals surface area contributed by atoms with E-state index in [1.165, 1.54) is 0 Å². The first-order valence-corrected chi connectivity index (χ1v) is 14.4. The molecule has 0 aliphatic carbocycles. The highest BCUT2D eigenvalue weighted by Gasteiger charge is 2.18. The Bertz CT molecular complexity index is 2070. The van der Waals surface area contributed by atoms with Crippen LogP contribution in [0.3, 0.4) is 0 Å². The molecule has 0 radical (unpaired) electrons. The van der Waals surface area contributed by atoms with Crippen LogP contribution in [0, 0.1) is 27.7 Å². The molecule has 5 heterocycles. The molecule has 8 bridgehead atoms. The molecule has 8 heteroatoms. The van der Waals surface area contributed by atoms with E-state index in [1.54, 1.807) is 0 Å². The molecule has 222 valence electrons. The second-order valence-corrected chi connectivity index (χ2v) is 11.2. The first-order valence-electron chi connectivity index (χ1n) is 14.4. The summed E-state index contributed by atoms with van der Waals surface area (Å²) in [7, 11) is 2.04. The number of aliphatic carboxylic acids is 2. The predicted octanol–water partition coefficient (Wildman–Crippen LogP) is 3.19. The van der Waals surface area contributed by atoms with Gasteiger partial charge in [0.2, 0.25) is 0 Å². The van der Waals surface area contributed by atoms with Crippen molar-refractivity contribution in [3.63, 3.8) is 0 Å². The molecule has 0 atom stereocenters. The van der Waals surface area contributed by atoms with Crippen LogP contribution in [0.15, 0.2) is 13.2 Å². The lowest BCUT2D eigenvalue weighted by Gasteiger charge is -2.02. The van der Waals surface area contributed by atoms with Crippen LogP contribution in [-0.2, 0) is 29.5 Å². The maximum atomic E-state index is 11.6. The first-order chi connectivity index (χ1) is 20.4. The topological polar surface area (TPSA) is 127 Å². The molecule has 8 nitrogen and oxygen atoms in total. The summed E-state index contributed by atoms with van der Waals surface area (Å²) in [6, 6.07) is 0. The minimum atomic E-state index is -0.865. The molecule has 4 aromatic rings. The minimum absolute atomic E-state index is 0.00482. The van der Waals surface area contributed by atoms with Crippen molar-refractivity contribution < 1.29 is 19.8 Å². The first kappa shape index (κ1) is 29.5. The van der Waals surface area contributed by atoms with Crippen molar-refractivity contribution in [3.05, 3.63) is 102 Å². The van der Waals surface area contributed by atoms with Gasteiger partial charge in [-0.25, -0.2) is 0 Å². The van der Waals surface area contributed by atoms with Gasteiger partial charge in [-0.2, -0.15) is 0 Å². The molecule has 43 heavy (non-hydrogen) atoms. The van der Waals surface area contributed by atoms with E-state index in [0.29, 0.717) is 12.8 Å². The molecular weight excluding hydrogens is 540 g/mol. The summed E-state index contributed by atoms with van der Waals surface area (Å²) in [5.41, 5.74) is 11.6. The van der Waals surface area contributed by atoms with Crippen LogP contribution in [0.1, 0.15) is 80.1 Å². The van der Waals surface area contributed by atoms with Gasteiger partial charge in [0.05, 0.1) is 5.69 Å². The van der Waals surface area contributed by atoms with E-state index in [9.17, 15) is 19.8 Å². The zero-order valence-electron chi connectivity index (χ0n) is 25.4. The SMILES string of the molecule is C=Cc1c(C)c2n(C)c1C=c1[nH]c(c(C=C)c1C)=Cc1[nH]c(c(CCC(=O)O)c1C)C=c1[nH]c(c(C)c1CCC(=O)O)=C2. The van der Waals surface area contributed by atoms with Crippen LogP contribution in [0.5, 0.6) is 0 Å². The van der Waals surface area contributed by atoms with Crippen LogP contribution in [0.2, 0.25) is 0 Å². The van der Waals surface area contributed by atoms with Gasteiger partial charge in [0, 0.05) is 69.5 Å². The van der Waals surface area contributed by atoms with Gasteiger partial charge in [0.1, 0.15) is 0 Å². The highest BCUT2D eigenvalue weighted by Crippen LogP contribution is 2.25. The smallest absolute Gasteiger partial charge is 0.303 e. The second-order valence-electron chi connectivity index (χ2n) is 11.2. The molecule has 0 spiro atoms. The third-order valence-electron chi connectivity index (χ3n) is 8.78. The summed E-state index contributed by atoms with van der Waals surface area (Å²) in [5.74, 6) is -1.73. The van der Waals surface area contributed by atoms with Gasteiger partial charge in [-0.05, 0) is 98.2 Å². The van der Waals surface area contributed by atoms with Gasteiger partial charge in [0.15, 0.2) is 0 Å². The standard InChI is InChI=1S/C35H38N4O4/c1-8-22-18(3)28-17-33-23(9-2)21(6)32(39(33)7)16-27-20(5)25(11-13-35(42)43)31(38-27)15-30-24(10-12-34(40)41)19(4)26(36-30)14-29(22)37-28/h8-9,14-17,36-38H,1-2,10-13H2,3-7H3,(H,40,41)(H,42,43). The molecule has 0 saturated heterocycles. The van der Waals surface area contributed by atoms with Gasteiger partial charge in [-0.1, -0.05) is 25.3 Å². The Labute approximate surface area is 249 Å². The Balaban J connectivity index is 1.95. The summed E-state index contributed by atoms with van der Waals surface area (Å²) in [4.78, 5) is 33.8. The van der Waals surface area contributed by atoms with Crippen molar-refractivity contribution in [2.75, 3.05) is 0 Å². The van der Waals surface area contributed by atoms with Crippen LogP contribution >= 0.6 is 0 Å². The number of nitrogens with zero attached hydrogens (tertiary/aromatic N) is 1. The normalized spacial score (nSPS) is 12.1. The number of aromatic amines is 3. The van der Waals surface area contributed by atoms with Crippen molar-refractivity contribution in [1.29, 1.82) is 0 Å². The monoisotopic (exact) mass is 578 g/mol. The fourth-order valence-electron chi connectivity index (χ4n) is 6.27. The Morgan fingerprint density at radius 1 is 0.674 bits per heavy atom. The number of rotatable bonds is 8. The van der Waals surface area contributed by atoms with E-state index in [2.05, 4.69) is 58.7 Å². The quantitative estimate of drug-likeness (QED) is 0.194. The third kappa shape index (κ3) is 5.25. The summed E-state index contributed by atoms with van der Waals surface area (Å²) < 4.78 is 2.15. The summed E-state index contributed by atoms with van der Waals surface area (Å²) >= 11 is 0. The number of nitrogens with one attached hydrogen (secondary N) is 3. The van der Waals surface area contributed by atoms with Crippen molar-refractivity contribution in [1.82, 2.24) is 19.5 Å². The van der Waals surface area contributed by atoms with Crippen LogP contribution in [0.4, 0.5) is 0 Å². The Kier molecular flexibility index (Phi) is 7.80. The molecule has 1 aliphatic heterocycles. The molecular formula is C35H38N4O4. The molecule has 0 amide bonds. The minimum Gasteiger partial charge on any atom is -0.481 e. The van der Waals surface area contributed by atoms with Crippen LogP contribution < -0.4 is 21.4 Å². The maximum absolute atomic E-state index is 11.6. The molecule has 0 saturated carbocycles. The molecule has 0 unspecified atom stereocenters. The number of carboxylic acids is 2. The number of H-pyrrole nitrogens is 3. The number of fused-ring (bicyclic) bond motifs is 8. The largest absolute Gasteiger partial charge is 0.481 e.